The standard InChI is InChI=1S/C31H41BrN2O6/c1-7-9-13-39-30(38)24-25-28(36)34(21(17-35)14-18(3)4)27(31(25)16-22(32)26(24)40-31)29(37)33(12-8-2)23-15-19(5)10-11-20(23)6/h7-8,10-11,15,18,21-22,24-27,35H,1-2,9,12-14,16-17H2,3-6H3/t21-,22?,24-,25+,26-,27?,31?/m1/s1. The summed E-state index contributed by atoms with van der Waals surface area (Å²) in [4.78, 5) is 45.5. The highest BCUT2D eigenvalue weighted by molar-refractivity contribution is 9.09. The summed E-state index contributed by atoms with van der Waals surface area (Å²) in [6.45, 7) is 15.6. The molecule has 3 aliphatic heterocycles. The fourth-order valence-corrected chi connectivity index (χ4v) is 7.71. The molecule has 1 aromatic rings. The Morgan fingerprint density at radius 3 is 2.65 bits per heavy atom. The van der Waals surface area contributed by atoms with Gasteiger partial charge in [0, 0.05) is 17.1 Å². The molecule has 40 heavy (non-hydrogen) atoms. The summed E-state index contributed by atoms with van der Waals surface area (Å²) in [5, 5.41) is 10.5. The summed E-state index contributed by atoms with van der Waals surface area (Å²) in [6.07, 6.45) is 4.09. The molecule has 0 radical (unpaired) electrons. The predicted molar refractivity (Wildman–Crippen MR) is 157 cm³/mol. The number of carbonyl (C=O) groups excluding carboxylic acids is 3. The van der Waals surface area contributed by atoms with Crippen LogP contribution < -0.4 is 4.90 Å². The number of fused-ring (bicyclic) bond motifs is 1. The largest absolute Gasteiger partial charge is 0.465 e. The van der Waals surface area contributed by atoms with E-state index >= 15 is 0 Å². The van der Waals surface area contributed by atoms with Crippen molar-refractivity contribution in [1.29, 1.82) is 0 Å². The summed E-state index contributed by atoms with van der Waals surface area (Å²) < 4.78 is 12.2. The Labute approximate surface area is 245 Å². The second-order valence-electron chi connectivity index (χ2n) is 11.6. The number of carbonyl (C=O) groups is 3. The second kappa shape index (κ2) is 12.2. The van der Waals surface area contributed by atoms with Crippen LogP contribution >= 0.6 is 15.9 Å². The number of ether oxygens (including phenoxy) is 2. The number of halogens is 1. The van der Waals surface area contributed by atoms with Crippen molar-refractivity contribution in [3.63, 3.8) is 0 Å². The first-order valence-electron chi connectivity index (χ1n) is 14.0. The highest BCUT2D eigenvalue weighted by Crippen LogP contribution is 2.61. The fourth-order valence-electron chi connectivity index (χ4n) is 6.76. The molecule has 7 atom stereocenters. The molecule has 1 N–H and O–H groups in total. The molecule has 3 heterocycles. The molecule has 1 spiro atoms. The number of aliphatic hydroxyl groups excluding tert-OH is 1. The van der Waals surface area contributed by atoms with Gasteiger partial charge in [-0.15, -0.1) is 13.2 Å². The van der Waals surface area contributed by atoms with Gasteiger partial charge in [0.15, 0.2) is 0 Å². The van der Waals surface area contributed by atoms with Crippen LogP contribution in [-0.4, -0.2) is 76.2 Å². The molecular formula is C31H41BrN2O6. The number of aliphatic hydroxyl groups is 1. The summed E-state index contributed by atoms with van der Waals surface area (Å²) in [5.74, 6) is -2.75. The number of benzene rings is 1. The van der Waals surface area contributed by atoms with E-state index in [1.165, 1.54) is 4.90 Å². The quantitative estimate of drug-likeness (QED) is 0.164. The van der Waals surface area contributed by atoms with Crippen molar-refractivity contribution in [3.05, 3.63) is 54.6 Å². The molecule has 0 saturated carbocycles. The molecule has 8 nitrogen and oxygen atoms in total. The number of rotatable bonds is 12. The maximum absolute atomic E-state index is 14.8. The molecule has 218 valence electrons. The van der Waals surface area contributed by atoms with Gasteiger partial charge in [0.25, 0.3) is 5.91 Å². The molecule has 3 saturated heterocycles. The topological polar surface area (TPSA) is 96.4 Å². The molecule has 1 aromatic carbocycles. The van der Waals surface area contributed by atoms with Crippen molar-refractivity contribution in [2.45, 2.75) is 75.6 Å². The number of esters is 1. The third kappa shape index (κ3) is 5.16. The Morgan fingerprint density at radius 1 is 1.30 bits per heavy atom. The van der Waals surface area contributed by atoms with Gasteiger partial charge >= 0.3 is 5.97 Å². The number of aryl methyl sites for hydroxylation is 2. The molecule has 2 bridgehead atoms. The molecule has 3 fully saturated rings. The molecular weight excluding hydrogens is 576 g/mol. The van der Waals surface area contributed by atoms with Gasteiger partial charge in [0.1, 0.15) is 11.6 Å². The Morgan fingerprint density at radius 2 is 2.02 bits per heavy atom. The summed E-state index contributed by atoms with van der Waals surface area (Å²) in [6, 6.07) is 4.25. The van der Waals surface area contributed by atoms with Gasteiger partial charge in [-0.1, -0.05) is 54.1 Å². The zero-order valence-corrected chi connectivity index (χ0v) is 25.4. The van der Waals surface area contributed by atoms with Crippen LogP contribution in [-0.2, 0) is 23.9 Å². The lowest BCUT2D eigenvalue weighted by atomic mass is 9.70. The van der Waals surface area contributed by atoms with E-state index in [2.05, 4.69) is 29.1 Å². The van der Waals surface area contributed by atoms with E-state index in [0.717, 1.165) is 16.8 Å². The first kappa shape index (κ1) is 30.5. The van der Waals surface area contributed by atoms with Gasteiger partial charge < -0.3 is 24.4 Å². The van der Waals surface area contributed by atoms with Gasteiger partial charge in [-0.25, -0.2) is 0 Å². The maximum atomic E-state index is 14.8. The summed E-state index contributed by atoms with van der Waals surface area (Å²) in [5.41, 5.74) is 1.39. The number of likely N-dealkylation sites (tertiary alicyclic amines) is 1. The second-order valence-corrected chi connectivity index (χ2v) is 12.8. The maximum Gasteiger partial charge on any atom is 0.312 e. The van der Waals surface area contributed by atoms with Crippen LogP contribution in [0.2, 0.25) is 0 Å². The lowest BCUT2D eigenvalue weighted by Crippen LogP contribution is -2.59. The third-order valence-electron chi connectivity index (χ3n) is 8.38. The smallest absolute Gasteiger partial charge is 0.312 e. The van der Waals surface area contributed by atoms with Crippen molar-refractivity contribution >= 4 is 39.4 Å². The Hall–Kier alpha value is -2.49. The Bertz CT molecular complexity index is 1170. The SMILES string of the molecule is C=CCCOC(=O)[C@H]1[C@@H]2OC3(CC2Br)C(C(=O)N(CC=C)c2cc(C)ccc2C)N([C@@H](CO)CC(C)C)C(=O)[C@H]13. The number of anilines is 1. The molecule has 2 amide bonds. The van der Waals surface area contributed by atoms with Gasteiger partial charge in [0.05, 0.1) is 37.2 Å². The van der Waals surface area contributed by atoms with Gasteiger partial charge in [-0.2, -0.15) is 0 Å². The molecule has 0 aromatic heterocycles. The summed E-state index contributed by atoms with van der Waals surface area (Å²) in [7, 11) is 0. The van der Waals surface area contributed by atoms with Crippen molar-refractivity contribution in [3.8, 4) is 0 Å². The Balaban J connectivity index is 1.84. The lowest BCUT2D eigenvalue weighted by Gasteiger charge is -2.40. The zero-order chi connectivity index (χ0) is 29.4. The van der Waals surface area contributed by atoms with E-state index in [0.29, 0.717) is 19.3 Å². The number of alkyl halides is 1. The minimum absolute atomic E-state index is 0.155. The number of nitrogens with zero attached hydrogens (tertiary/aromatic N) is 2. The average Bonchev–Trinajstić information content (AvgIpc) is 3.50. The lowest BCUT2D eigenvalue weighted by molar-refractivity contribution is -0.155. The first-order valence-corrected chi connectivity index (χ1v) is 15.0. The van der Waals surface area contributed by atoms with Crippen LogP contribution in [0.25, 0.3) is 0 Å². The van der Waals surface area contributed by atoms with Crippen LogP contribution in [0.4, 0.5) is 5.69 Å². The van der Waals surface area contributed by atoms with E-state index in [-0.39, 0.29) is 42.3 Å². The number of hydrogen-bond acceptors (Lipinski definition) is 6. The van der Waals surface area contributed by atoms with Gasteiger partial charge in [-0.3, -0.25) is 14.4 Å². The van der Waals surface area contributed by atoms with E-state index in [1.807, 2.05) is 45.9 Å². The van der Waals surface area contributed by atoms with E-state index in [1.54, 1.807) is 17.1 Å². The van der Waals surface area contributed by atoms with Crippen molar-refractivity contribution in [2.75, 3.05) is 24.7 Å². The number of hydrogen-bond donors (Lipinski definition) is 1. The first-order chi connectivity index (χ1) is 19.0. The number of amides is 2. The molecule has 0 aliphatic carbocycles. The molecule has 3 unspecified atom stereocenters. The van der Waals surface area contributed by atoms with E-state index < -0.39 is 41.6 Å². The highest BCUT2D eigenvalue weighted by atomic mass is 79.9. The van der Waals surface area contributed by atoms with Crippen molar-refractivity contribution < 1.29 is 29.0 Å². The average molecular weight is 618 g/mol. The van der Waals surface area contributed by atoms with Crippen LogP contribution in [0.3, 0.4) is 0 Å². The minimum Gasteiger partial charge on any atom is -0.465 e. The van der Waals surface area contributed by atoms with E-state index in [4.69, 9.17) is 9.47 Å². The van der Waals surface area contributed by atoms with Crippen LogP contribution in [0.15, 0.2) is 43.5 Å². The third-order valence-corrected chi connectivity index (χ3v) is 9.22. The fraction of sp³-hybridized carbons (Fsp3) is 0.581. The monoisotopic (exact) mass is 616 g/mol. The van der Waals surface area contributed by atoms with Crippen molar-refractivity contribution in [2.24, 2.45) is 17.8 Å². The zero-order valence-electron chi connectivity index (χ0n) is 23.8. The minimum atomic E-state index is -1.24. The molecule has 4 rings (SSSR count). The highest BCUT2D eigenvalue weighted by Gasteiger charge is 2.77. The van der Waals surface area contributed by atoms with Gasteiger partial charge in [0.2, 0.25) is 5.91 Å². The van der Waals surface area contributed by atoms with Crippen molar-refractivity contribution in [1.82, 2.24) is 4.90 Å². The van der Waals surface area contributed by atoms with Gasteiger partial charge in [-0.05, 0) is 56.2 Å². The van der Waals surface area contributed by atoms with Crippen LogP contribution in [0.5, 0.6) is 0 Å². The molecule has 9 heteroatoms. The normalized spacial score (nSPS) is 29.4. The van der Waals surface area contributed by atoms with Crippen LogP contribution in [0, 0.1) is 31.6 Å². The predicted octanol–water partition coefficient (Wildman–Crippen LogP) is 4.10. The molecule has 3 aliphatic rings. The summed E-state index contributed by atoms with van der Waals surface area (Å²) >= 11 is 3.69. The Kier molecular flexibility index (Phi) is 9.27. The van der Waals surface area contributed by atoms with Crippen LogP contribution in [0.1, 0.15) is 44.2 Å². The van der Waals surface area contributed by atoms with E-state index in [9.17, 15) is 19.5 Å².